The Hall–Kier alpha value is -0.860. The molecule has 0 radical (unpaired) electrons. The molecule has 2 aliphatic rings. The van der Waals surface area contributed by atoms with Gasteiger partial charge in [0.15, 0.2) is 0 Å². The van der Waals surface area contributed by atoms with E-state index in [0.29, 0.717) is 16.9 Å². The quantitative estimate of drug-likeness (QED) is 0.880. The van der Waals surface area contributed by atoms with E-state index in [0.717, 1.165) is 12.5 Å². The summed E-state index contributed by atoms with van der Waals surface area (Å²) in [5, 5.41) is 3.78. The normalized spacial score (nSPS) is 36.2. The molecule has 0 saturated heterocycles. The molecule has 0 amide bonds. The molecular weight excluding hydrogens is 244 g/mol. The van der Waals surface area contributed by atoms with Gasteiger partial charge in [-0.3, -0.25) is 0 Å². The van der Waals surface area contributed by atoms with E-state index in [-0.39, 0.29) is 6.04 Å². The Kier molecular flexibility index (Phi) is 3.42. The Bertz CT molecular complexity index is 468. The first-order valence-electron chi connectivity index (χ1n) is 7.99. The highest BCUT2D eigenvalue weighted by atomic mass is 15.0. The fraction of sp³-hybridized carbons (Fsp3) is 0.667. The summed E-state index contributed by atoms with van der Waals surface area (Å²) in [6.07, 6.45) is 4.10. The van der Waals surface area contributed by atoms with Crippen molar-refractivity contribution >= 4 is 0 Å². The van der Waals surface area contributed by atoms with Gasteiger partial charge in [0.25, 0.3) is 0 Å². The van der Waals surface area contributed by atoms with Crippen LogP contribution in [0.2, 0.25) is 0 Å². The van der Waals surface area contributed by atoms with Crippen molar-refractivity contribution in [2.75, 3.05) is 6.54 Å². The molecule has 2 aliphatic carbocycles. The molecule has 2 saturated carbocycles. The summed E-state index contributed by atoms with van der Waals surface area (Å²) in [5.74, 6) is 0.887. The summed E-state index contributed by atoms with van der Waals surface area (Å²) in [6, 6.07) is 11.2. The second kappa shape index (κ2) is 4.85. The zero-order valence-electron chi connectivity index (χ0n) is 13.0. The fourth-order valence-corrected chi connectivity index (χ4v) is 4.60. The van der Waals surface area contributed by atoms with Gasteiger partial charge in [0.1, 0.15) is 0 Å². The standard InChI is InChI=1S/C18H28N2/c1-17(2)14-9-10-18(17,3)16(11-14)20-12-15(19)13-7-5-4-6-8-13/h4-8,14-16,20H,9-12,19H2,1-3H3/t14-,15-,16-,18+/m1/s1. The third-order valence-electron chi connectivity index (χ3n) is 6.61. The summed E-state index contributed by atoms with van der Waals surface area (Å²) in [4.78, 5) is 0. The third kappa shape index (κ3) is 2.01. The van der Waals surface area contributed by atoms with Gasteiger partial charge in [0.05, 0.1) is 0 Å². The van der Waals surface area contributed by atoms with Crippen LogP contribution in [0.4, 0.5) is 0 Å². The molecule has 110 valence electrons. The van der Waals surface area contributed by atoms with Gasteiger partial charge in [0.2, 0.25) is 0 Å². The summed E-state index contributed by atoms with van der Waals surface area (Å²) < 4.78 is 0. The summed E-state index contributed by atoms with van der Waals surface area (Å²) >= 11 is 0. The van der Waals surface area contributed by atoms with Crippen LogP contribution in [0.3, 0.4) is 0 Å². The van der Waals surface area contributed by atoms with E-state index in [2.05, 4.69) is 50.4 Å². The van der Waals surface area contributed by atoms with Crippen molar-refractivity contribution in [1.82, 2.24) is 5.32 Å². The van der Waals surface area contributed by atoms with E-state index < -0.39 is 0 Å². The highest BCUT2D eigenvalue weighted by Gasteiger charge is 2.60. The minimum absolute atomic E-state index is 0.0991. The zero-order valence-corrected chi connectivity index (χ0v) is 13.0. The van der Waals surface area contributed by atoms with Gasteiger partial charge in [-0.1, -0.05) is 51.1 Å². The maximum atomic E-state index is 6.32. The number of hydrogen-bond acceptors (Lipinski definition) is 2. The minimum atomic E-state index is 0.0991. The summed E-state index contributed by atoms with van der Waals surface area (Å²) in [5.41, 5.74) is 8.46. The summed E-state index contributed by atoms with van der Waals surface area (Å²) in [7, 11) is 0. The first-order chi connectivity index (χ1) is 9.45. The Morgan fingerprint density at radius 2 is 1.95 bits per heavy atom. The molecule has 4 atom stereocenters. The number of hydrogen-bond donors (Lipinski definition) is 2. The predicted octanol–water partition coefficient (Wildman–Crippen LogP) is 3.49. The molecule has 0 heterocycles. The molecule has 2 bridgehead atoms. The first-order valence-corrected chi connectivity index (χ1v) is 7.99. The molecule has 1 aromatic rings. The monoisotopic (exact) mass is 272 g/mol. The van der Waals surface area contributed by atoms with Gasteiger partial charge < -0.3 is 11.1 Å². The van der Waals surface area contributed by atoms with E-state index in [9.17, 15) is 0 Å². The number of fused-ring (bicyclic) bond motifs is 2. The molecule has 0 unspecified atom stereocenters. The van der Waals surface area contributed by atoms with Crippen molar-refractivity contribution in [2.45, 2.75) is 52.1 Å². The van der Waals surface area contributed by atoms with Crippen LogP contribution in [0, 0.1) is 16.7 Å². The Morgan fingerprint density at radius 3 is 2.50 bits per heavy atom. The molecular formula is C18H28N2. The van der Waals surface area contributed by atoms with E-state index in [1.54, 1.807) is 0 Å². The SMILES string of the molecule is CC1(C)[C@@H]2CC[C@@]1(C)[C@H](NC[C@@H](N)c1ccccc1)C2. The molecule has 0 spiro atoms. The molecule has 2 nitrogen and oxygen atoms in total. The van der Waals surface area contributed by atoms with Crippen LogP contribution in [0.15, 0.2) is 30.3 Å². The average Bonchev–Trinajstić information content (AvgIpc) is 2.78. The van der Waals surface area contributed by atoms with Crippen LogP contribution in [-0.2, 0) is 0 Å². The lowest BCUT2D eigenvalue weighted by atomic mass is 9.69. The second-order valence-electron chi connectivity index (χ2n) is 7.59. The predicted molar refractivity (Wildman–Crippen MR) is 84.4 cm³/mol. The average molecular weight is 272 g/mol. The van der Waals surface area contributed by atoms with Crippen LogP contribution in [-0.4, -0.2) is 12.6 Å². The van der Waals surface area contributed by atoms with Gasteiger partial charge in [0, 0.05) is 18.6 Å². The maximum Gasteiger partial charge on any atom is 0.0421 e. The van der Waals surface area contributed by atoms with Crippen molar-refractivity contribution in [3.63, 3.8) is 0 Å². The lowest BCUT2D eigenvalue weighted by molar-refractivity contribution is 0.120. The van der Waals surface area contributed by atoms with Crippen LogP contribution >= 0.6 is 0 Å². The molecule has 2 fully saturated rings. The smallest absolute Gasteiger partial charge is 0.0421 e. The lowest BCUT2D eigenvalue weighted by Crippen LogP contribution is -2.46. The number of nitrogens with two attached hydrogens (primary N) is 1. The molecule has 0 aliphatic heterocycles. The Labute approximate surface area is 123 Å². The third-order valence-corrected chi connectivity index (χ3v) is 6.61. The van der Waals surface area contributed by atoms with Crippen molar-refractivity contribution in [1.29, 1.82) is 0 Å². The first kappa shape index (κ1) is 14.1. The lowest BCUT2D eigenvalue weighted by Gasteiger charge is -2.40. The summed E-state index contributed by atoms with van der Waals surface area (Å²) in [6.45, 7) is 8.28. The van der Waals surface area contributed by atoms with Crippen LogP contribution in [0.5, 0.6) is 0 Å². The van der Waals surface area contributed by atoms with Crippen molar-refractivity contribution in [3.8, 4) is 0 Å². The topological polar surface area (TPSA) is 38.0 Å². The van der Waals surface area contributed by atoms with Gasteiger partial charge >= 0.3 is 0 Å². The van der Waals surface area contributed by atoms with Gasteiger partial charge in [-0.25, -0.2) is 0 Å². The maximum absolute atomic E-state index is 6.32. The highest BCUT2D eigenvalue weighted by molar-refractivity contribution is 5.19. The van der Waals surface area contributed by atoms with Crippen LogP contribution in [0.1, 0.15) is 51.6 Å². The molecule has 3 N–H and O–H groups in total. The zero-order chi connectivity index (χ0) is 14.4. The Balaban J connectivity index is 1.63. The van der Waals surface area contributed by atoms with Gasteiger partial charge in [-0.2, -0.15) is 0 Å². The largest absolute Gasteiger partial charge is 0.323 e. The molecule has 2 heteroatoms. The minimum Gasteiger partial charge on any atom is -0.323 e. The van der Waals surface area contributed by atoms with Gasteiger partial charge in [-0.05, 0) is 41.6 Å². The van der Waals surface area contributed by atoms with Crippen molar-refractivity contribution in [2.24, 2.45) is 22.5 Å². The molecule has 0 aromatic heterocycles. The van der Waals surface area contributed by atoms with E-state index in [4.69, 9.17) is 5.73 Å². The van der Waals surface area contributed by atoms with E-state index >= 15 is 0 Å². The van der Waals surface area contributed by atoms with E-state index in [1.165, 1.54) is 24.8 Å². The van der Waals surface area contributed by atoms with Crippen LogP contribution in [0.25, 0.3) is 0 Å². The van der Waals surface area contributed by atoms with Crippen molar-refractivity contribution in [3.05, 3.63) is 35.9 Å². The van der Waals surface area contributed by atoms with Gasteiger partial charge in [-0.15, -0.1) is 0 Å². The second-order valence-corrected chi connectivity index (χ2v) is 7.59. The fourth-order valence-electron chi connectivity index (χ4n) is 4.60. The number of rotatable bonds is 4. The molecule has 3 rings (SSSR count). The Morgan fingerprint density at radius 1 is 1.25 bits per heavy atom. The van der Waals surface area contributed by atoms with Crippen LogP contribution < -0.4 is 11.1 Å². The molecule has 20 heavy (non-hydrogen) atoms. The highest BCUT2D eigenvalue weighted by Crippen LogP contribution is 2.65. The molecule has 1 aromatic carbocycles. The van der Waals surface area contributed by atoms with E-state index in [1.807, 2.05) is 6.07 Å². The number of nitrogens with one attached hydrogen (secondary N) is 1. The van der Waals surface area contributed by atoms with Crippen molar-refractivity contribution < 1.29 is 0 Å². The number of benzene rings is 1.